The zero-order valence-electron chi connectivity index (χ0n) is 19.1. The largest absolute Gasteiger partial charge is 0.468 e. The molecule has 2 aliphatic heterocycles. The number of amides is 1. The van der Waals surface area contributed by atoms with Gasteiger partial charge in [-0.1, -0.05) is 30.3 Å². The van der Waals surface area contributed by atoms with Crippen molar-refractivity contribution in [2.45, 2.75) is 56.6 Å². The number of benzene rings is 1. The van der Waals surface area contributed by atoms with E-state index >= 15 is 0 Å². The summed E-state index contributed by atoms with van der Waals surface area (Å²) in [4.78, 5) is 18.5. The lowest BCUT2D eigenvalue weighted by molar-refractivity contribution is -0.190. The number of piperidine rings is 1. The molecular weight excluding hydrogens is 449 g/mol. The summed E-state index contributed by atoms with van der Waals surface area (Å²) in [5.74, 6) is -0.377. The molecule has 1 aromatic heterocycles. The second-order valence-electron chi connectivity index (χ2n) is 8.80. The van der Waals surface area contributed by atoms with Gasteiger partial charge in [0.2, 0.25) is 5.88 Å². The van der Waals surface area contributed by atoms with Gasteiger partial charge in [0.1, 0.15) is 0 Å². The number of aromatic nitrogens is 1. The van der Waals surface area contributed by atoms with E-state index in [0.29, 0.717) is 38.1 Å². The minimum absolute atomic E-state index is 0.0535. The molecule has 0 aliphatic carbocycles. The maximum Gasteiger partial charge on any atom is 0.422 e. The van der Waals surface area contributed by atoms with Gasteiger partial charge < -0.3 is 19.1 Å². The molecule has 3 heterocycles. The van der Waals surface area contributed by atoms with E-state index in [1.807, 2.05) is 25.1 Å². The Morgan fingerprint density at radius 2 is 1.91 bits per heavy atom. The Labute approximate surface area is 197 Å². The standard InChI is InChI=1S/C25H29F3N2O4/c1-2-32-20-14-21(18-6-4-3-5-7-18)34-24(15-20)10-12-30(13-11-24)23(31)19-8-9-22(29-16-19)33-17-25(26,27)28/h3-9,16,20-21H,2,10-15,17H2,1H3/t20-,21-/m1/s1. The molecule has 6 nitrogen and oxygen atoms in total. The number of halogens is 3. The van der Waals surface area contributed by atoms with E-state index in [1.54, 1.807) is 4.90 Å². The third kappa shape index (κ3) is 6.07. The predicted molar refractivity (Wildman–Crippen MR) is 119 cm³/mol. The smallest absolute Gasteiger partial charge is 0.422 e. The first kappa shape index (κ1) is 24.5. The van der Waals surface area contributed by atoms with Crippen LogP contribution in [0.3, 0.4) is 0 Å². The third-order valence-electron chi connectivity index (χ3n) is 6.37. The van der Waals surface area contributed by atoms with Crippen LogP contribution in [0.25, 0.3) is 0 Å². The summed E-state index contributed by atoms with van der Waals surface area (Å²) < 4.78 is 54.2. The lowest BCUT2D eigenvalue weighted by atomic mass is 9.80. The van der Waals surface area contributed by atoms with Gasteiger partial charge in [-0.05, 0) is 31.4 Å². The number of carbonyl (C=O) groups excluding carboxylic acids is 1. The first-order valence-electron chi connectivity index (χ1n) is 11.6. The fourth-order valence-corrected chi connectivity index (χ4v) is 4.74. The summed E-state index contributed by atoms with van der Waals surface area (Å²) in [5.41, 5.74) is 1.08. The Bertz CT molecular complexity index is 945. The zero-order valence-corrected chi connectivity index (χ0v) is 19.1. The molecule has 2 fully saturated rings. The molecule has 2 aromatic rings. The number of rotatable bonds is 6. The monoisotopic (exact) mass is 478 g/mol. The van der Waals surface area contributed by atoms with Crippen molar-refractivity contribution in [2.24, 2.45) is 0 Å². The van der Waals surface area contributed by atoms with E-state index in [-0.39, 0.29) is 29.6 Å². The van der Waals surface area contributed by atoms with Crippen LogP contribution in [0.4, 0.5) is 13.2 Å². The van der Waals surface area contributed by atoms with Gasteiger partial charge in [0.15, 0.2) is 6.61 Å². The number of carbonyl (C=O) groups is 1. The summed E-state index contributed by atoms with van der Waals surface area (Å²) >= 11 is 0. The van der Waals surface area contributed by atoms with Crippen LogP contribution < -0.4 is 4.74 Å². The van der Waals surface area contributed by atoms with Crippen molar-refractivity contribution in [1.82, 2.24) is 9.88 Å². The SMILES string of the molecule is CCO[C@@H]1C[C@H](c2ccccc2)OC2(CCN(C(=O)c3ccc(OCC(F)(F)F)nc3)CC2)C1. The van der Waals surface area contributed by atoms with E-state index in [0.717, 1.165) is 18.4 Å². The Balaban J connectivity index is 1.38. The Morgan fingerprint density at radius 1 is 1.18 bits per heavy atom. The molecule has 2 atom stereocenters. The highest BCUT2D eigenvalue weighted by Crippen LogP contribution is 2.44. The zero-order chi connectivity index (χ0) is 24.2. The maximum atomic E-state index is 13.0. The summed E-state index contributed by atoms with van der Waals surface area (Å²) in [7, 11) is 0. The number of hydrogen-bond donors (Lipinski definition) is 0. The molecule has 0 bridgehead atoms. The average molecular weight is 479 g/mol. The van der Waals surface area contributed by atoms with Crippen LogP contribution in [0, 0.1) is 0 Å². The van der Waals surface area contributed by atoms with Crippen LogP contribution in [-0.2, 0) is 9.47 Å². The molecule has 184 valence electrons. The fraction of sp³-hybridized carbons (Fsp3) is 0.520. The van der Waals surface area contributed by atoms with Gasteiger partial charge in [-0.3, -0.25) is 4.79 Å². The predicted octanol–water partition coefficient (Wildman–Crippen LogP) is 4.95. The quantitative estimate of drug-likeness (QED) is 0.588. The van der Waals surface area contributed by atoms with Gasteiger partial charge in [-0.2, -0.15) is 13.2 Å². The van der Waals surface area contributed by atoms with Crippen molar-refractivity contribution in [1.29, 1.82) is 0 Å². The van der Waals surface area contributed by atoms with Crippen molar-refractivity contribution in [2.75, 3.05) is 26.3 Å². The molecule has 0 radical (unpaired) electrons. The molecule has 2 aliphatic rings. The number of nitrogens with zero attached hydrogens (tertiary/aromatic N) is 2. The second kappa shape index (κ2) is 10.3. The summed E-state index contributed by atoms with van der Waals surface area (Å²) in [6, 6.07) is 12.9. The van der Waals surface area contributed by atoms with E-state index in [2.05, 4.69) is 21.9 Å². The van der Waals surface area contributed by atoms with Crippen LogP contribution in [-0.4, -0.2) is 60.0 Å². The van der Waals surface area contributed by atoms with Crippen molar-refractivity contribution >= 4 is 5.91 Å². The maximum absolute atomic E-state index is 13.0. The normalized spacial score (nSPS) is 22.5. The molecule has 0 N–H and O–H groups in total. The Morgan fingerprint density at radius 3 is 2.53 bits per heavy atom. The molecule has 1 spiro atoms. The van der Waals surface area contributed by atoms with E-state index in [4.69, 9.17) is 9.47 Å². The highest BCUT2D eigenvalue weighted by Gasteiger charge is 2.45. The highest BCUT2D eigenvalue weighted by atomic mass is 19.4. The van der Waals surface area contributed by atoms with Crippen LogP contribution in [0.15, 0.2) is 48.7 Å². The van der Waals surface area contributed by atoms with Crippen molar-refractivity contribution < 1.29 is 32.2 Å². The first-order valence-corrected chi connectivity index (χ1v) is 11.6. The summed E-state index contributed by atoms with van der Waals surface area (Å²) in [5, 5.41) is 0. The summed E-state index contributed by atoms with van der Waals surface area (Å²) in [6.45, 7) is 2.25. The molecule has 0 saturated carbocycles. The van der Waals surface area contributed by atoms with Crippen molar-refractivity contribution in [3.8, 4) is 5.88 Å². The van der Waals surface area contributed by atoms with Crippen LogP contribution in [0.5, 0.6) is 5.88 Å². The fourth-order valence-electron chi connectivity index (χ4n) is 4.74. The van der Waals surface area contributed by atoms with Crippen LogP contribution in [0.2, 0.25) is 0 Å². The minimum atomic E-state index is -4.44. The average Bonchev–Trinajstić information content (AvgIpc) is 2.83. The van der Waals surface area contributed by atoms with Gasteiger partial charge in [0.25, 0.3) is 5.91 Å². The van der Waals surface area contributed by atoms with Gasteiger partial charge in [-0.15, -0.1) is 0 Å². The molecular formula is C25H29F3N2O4. The topological polar surface area (TPSA) is 60.9 Å². The van der Waals surface area contributed by atoms with E-state index in [9.17, 15) is 18.0 Å². The van der Waals surface area contributed by atoms with Gasteiger partial charge in [0.05, 0.1) is 23.4 Å². The van der Waals surface area contributed by atoms with E-state index < -0.39 is 12.8 Å². The number of alkyl halides is 3. The number of ether oxygens (including phenoxy) is 3. The highest BCUT2D eigenvalue weighted by molar-refractivity contribution is 5.94. The van der Waals surface area contributed by atoms with Crippen LogP contribution in [0.1, 0.15) is 54.6 Å². The minimum Gasteiger partial charge on any atom is -0.468 e. The Hall–Kier alpha value is -2.65. The van der Waals surface area contributed by atoms with Gasteiger partial charge >= 0.3 is 6.18 Å². The van der Waals surface area contributed by atoms with Crippen molar-refractivity contribution in [3.63, 3.8) is 0 Å². The molecule has 9 heteroatoms. The molecule has 1 aromatic carbocycles. The van der Waals surface area contributed by atoms with E-state index in [1.165, 1.54) is 18.3 Å². The molecule has 0 unspecified atom stereocenters. The number of hydrogen-bond acceptors (Lipinski definition) is 5. The molecule has 2 saturated heterocycles. The van der Waals surface area contributed by atoms with Gasteiger partial charge in [-0.25, -0.2) is 4.98 Å². The number of likely N-dealkylation sites (tertiary alicyclic amines) is 1. The second-order valence-corrected chi connectivity index (χ2v) is 8.80. The third-order valence-corrected chi connectivity index (χ3v) is 6.37. The first-order chi connectivity index (χ1) is 16.3. The summed E-state index contributed by atoms with van der Waals surface area (Å²) in [6.07, 6.45) is -0.178. The van der Waals surface area contributed by atoms with Crippen molar-refractivity contribution in [3.05, 3.63) is 59.8 Å². The molecule has 4 rings (SSSR count). The van der Waals surface area contributed by atoms with Gasteiger partial charge in [0, 0.05) is 44.8 Å². The lowest BCUT2D eigenvalue weighted by Gasteiger charge is -2.48. The molecule has 1 amide bonds. The Kier molecular flexibility index (Phi) is 7.42. The number of pyridine rings is 1. The molecule has 34 heavy (non-hydrogen) atoms. The lowest BCUT2D eigenvalue weighted by Crippen LogP contribution is -2.52. The van der Waals surface area contributed by atoms with Crippen LogP contribution >= 0.6 is 0 Å².